The fourth-order valence-electron chi connectivity index (χ4n) is 2.56. The molecule has 1 aromatic carbocycles. The summed E-state index contributed by atoms with van der Waals surface area (Å²) in [6.45, 7) is 4.14. The topological polar surface area (TPSA) is 73.8 Å². The number of nitrogens with one attached hydrogen (secondary N) is 2. The van der Waals surface area contributed by atoms with Crippen molar-refractivity contribution in [3.8, 4) is 0 Å². The lowest BCUT2D eigenvalue weighted by molar-refractivity contribution is 0.599. The summed E-state index contributed by atoms with van der Waals surface area (Å²) < 4.78 is 25.2. The first-order chi connectivity index (χ1) is 10.0. The van der Waals surface area contributed by atoms with E-state index >= 15 is 0 Å². The number of halogens is 1. The van der Waals surface area contributed by atoms with Gasteiger partial charge < -0.3 is 10.6 Å². The van der Waals surface area contributed by atoms with Gasteiger partial charge in [0.25, 0.3) is 0 Å². The van der Waals surface area contributed by atoms with E-state index < -0.39 is 10.0 Å². The third kappa shape index (κ3) is 3.83. The van der Waals surface area contributed by atoms with Crippen LogP contribution in [-0.4, -0.2) is 39.3 Å². The Balaban J connectivity index is 0.00000176. The van der Waals surface area contributed by atoms with Gasteiger partial charge in [-0.25, -0.2) is 8.42 Å². The minimum Gasteiger partial charge on any atom is -0.352 e. The van der Waals surface area contributed by atoms with Gasteiger partial charge in [0.05, 0.1) is 18.0 Å². The van der Waals surface area contributed by atoms with Gasteiger partial charge in [0, 0.05) is 19.1 Å². The van der Waals surface area contributed by atoms with Crippen molar-refractivity contribution < 1.29 is 8.42 Å². The van der Waals surface area contributed by atoms with E-state index in [-0.39, 0.29) is 29.7 Å². The lowest BCUT2D eigenvalue weighted by atomic mass is 10.2. The van der Waals surface area contributed by atoms with Gasteiger partial charge in [0.1, 0.15) is 0 Å². The highest BCUT2D eigenvalue weighted by Gasteiger charge is 2.28. The molecule has 1 atom stereocenters. The van der Waals surface area contributed by atoms with Crippen molar-refractivity contribution in [2.24, 2.45) is 4.99 Å². The summed E-state index contributed by atoms with van der Waals surface area (Å²) >= 11 is 0. The highest BCUT2D eigenvalue weighted by molar-refractivity contribution is 14.0. The molecule has 0 amide bonds. The average Bonchev–Trinajstić information content (AvgIpc) is 3.02. The van der Waals surface area contributed by atoms with Crippen LogP contribution in [0, 0.1) is 0 Å². The molecule has 2 aliphatic rings. The molecule has 1 fully saturated rings. The van der Waals surface area contributed by atoms with E-state index in [2.05, 4.69) is 22.5 Å². The number of aliphatic imine (C=N–C) groups is 1. The Morgan fingerprint density at radius 3 is 2.64 bits per heavy atom. The molecule has 1 aromatic rings. The van der Waals surface area contributed by atoms with Crippen molar-refractivity contribution in [3.05, 3.63) is 29.8 Å². The maximum atomic E-state index is 11.9. The Labute approximate surface area is 148 Å². The first kappa shape index (κ1) is 17.3. The van der Waals surface area contributed by atoms with E-state index in [1.54, 1.807) is 0 Å². The number of sulfonamides is 1. The van der Waals surface area contributed by atoms with Crippen LogP contribution in [0.2, 0.25) is 0 Å². The highest BCUT2D eigenvalue weighted by atomic mass is 127. The summed E-state index contributed by atoms with van der Waals surface area (Å²) in [4.78, 5) is 4.34. The van der Waals surface area contributed by atoms with Crippen LogP contribution in [0.15, 0.2) is 29.3 Å². The van der Waals surface area contributed by atoms with Crippen LogP contribution in [0.25, 0.3) is 0 Å². The molecule has 122 valence electrons. The van der Waals surface area contributed by atoms with Gasteiger partial charge in [0.15, 0.2) is 5.96 Å². The molecule has 0 saturated carbocycles. The first-order valence-electron chi connectivity index (χ1n) is 7.19. The smallest absolute Gasteiger partial charge is 0.235 e. The van der Waals surface area contributed by atoms with Crippen molar-refractivity contribution in [1.29, 1.82) is 0 Å². The maximum Gasteiger partial charge on any atom is 0.235 e. The molecule has 0 aromatic heterocycles. The maximum absolute atomic E-state index is 11.9. The monoisotopic (exact) mass is 436 g/mol. The van der Waals surface area contributed by atoms with Crippen LogP contribution in [0.3, 0.4) is 0 Å². The van der Waals surface area contributed by atoms with Crippen molar-refractivity contribution in [2.45, 2.75) is 25.9 Å². The predicted octanol–water partition coefficient (Wildman–Crippen LogP) is 1.28. The summed E-state index contributed by atoms with van der Waals surface area (Å²) in [7, 11) is -3.10. The quantitative estimate of drug-likeness (QED) is 0.701. The molecule has 2 N–H and O–H groups in total. The van der Waals surface area contributed by atoms with Crippen LogP contribution in [0.4, 0.5) is 5.69 Å². The third-order valence-corrected chi connectivity index (χ3v) is 5.56. The van der Waals surface area contributed by atoms with E-state index in [0.717, 1.165) is 23.8 Å². The Bertz CT molecular complexity index is 645. The van der Waals surface area contributed by atoms with Crippen LogP contribution in [0.1, 0.15) is 18.9 Å². The fraction of sp³-hybridized carbons (Fsp3) is 0.500. The summed E-state index contributed by atoms with van der Waals surface area (Å²) in [5.41, 5.74) is 1.85. The second-order valence-electron chi connectivity index (χ2n) is 5.50. The molecular weight excluding hydrogens is 415 g/mol. The first-order valence-corrected chi connectivity index (χ1v) is 8.80. The molecule has 0 radical (unpaired) electrons. The molecule has 22 heavy (non-hydrogen) atoms. The van der Waals surface area contributed by atoms with Crippen LogP contribution in [0.5, 0.6) is 0 Å². The number of hydrogen-bond acceptors (Lipinski definition) is 5. The molecule has 2 heterocycles. The van der Waals surface area contributed by atoms with Crippen LogP contribution < -0.4 is 14.9 Å². The average molecular weight is 436 g/mol. The molecular formula is C14H21IN4O2S. The minimum absolute atomic E-state index is 0. The van der Waals surface area contributed by atoms with E-state index in [0.29, 0.717) is 25.6 Å². The van der Waals surface area contributed by atoms with Gasteiger partial charge in [-0.15, -0.1) is 24.0 Å². The second kappa shape index (κ2) is 7.03. The number of anilines is 1. The van der Waals surface area contributed by atoms with Crippen molar-refractivity contribution in [3.63, 3.8) is 0 Å². The number of benzene rings is 1. The number of guanidine groups is 1. The molecule has 6 nitrogen and oxygen atoms in total. The lowest BCUT2D eigenvalue weighted by Crippen LogP contribution is -2.37. The fourth-order valence-corrected chi connectivity index (χ4v) is 4.12. The molecule has 2 aliphatic heterocycles. The van der Waals surface area contributed by atoms with Gasteiger partial charge in [-0.05, 0) is 31.0 Å². The largest absolute Gasteiger partial charge is 0.352 e. The summed E-state index contributed by atoms with van der Waals surface area (Å²) in [6.07, 6.45) is 0.704. The standard InChI is InChI=1S/C14H20N4O2S.HI/c1-11-9-15-14(17-11)16-10-12-3-5-13(6-4-12)18-7-2-8-21(18,19)20;/h3-6,11H,2,7-10H2,1H3,(H2,15,16,17);1H. The van der Waals surface area contributed by atoms with Crippen molar-refractivity contribution >= 4 is 45.6 Å². The number of hydrogen-bond donors (Lipinski definition) is 2. The van der Waals surface area contributed by atoms with Gasteiger partial charge in [0.2, 0.25) is 10.0 Å². The van der Waals surface area contributed by atoms with Crippen LogP contribution in [-0.2, 0) is 16.6 Å². The molecule has 8 heteroatoms. The number of nitrogens with zero attached hydrogens (tertiary/aromatic N) is 2. The zero-order valence-electron chi connectivity index (χ0n) is 12.4. The zero-order chi connectivity index (χ0) is 14.9. The minimum atomic E-state index is -3.10. The summed E-state index contributed by atoms with van der Waals surface area (Å²) in [5.74, 6) is 1.08. The second-order valence-corrected chi connectivity index (χ2v) is 7.51. The van der Waals surface area contributed by atoms with Gasteiger partial charge >= 0.3 is 0 Å². The Morgan fingerprint density at radius 2 is 2.09 bits per heavy atom. The van der Waals surface area contributed by atoms with E-state index in [4.69, 9.17) is 0 Å². The molecule has 1 saturated heterocycles. The molecule has 0 aliphatic carbocycles. The van der Waals surface area contributed by atoms with Crippen molar-refractivity contribution in [1.82, 2.24) is 10.6 Å². The molecule has 0 bridgehead atoms. The predicted molar refractivity (Wildman–Crippen MR) is 99.3 cm³/mol. The highest BCUT2D eigenvalue weighted by Crippen LogP contribution is 2.24. The molecule has 1 unspecified atom stereocenters. The van der Waals surface area contributed by atoms with Gasteiger partial charge in [-0.1, -0.05) is 12.1 Å². The SMILES string of the molecule is CC1CN=C(NCc2ccc(N3CCCS3(=O)=O)cc2)N1.I. The Hall–Kier alpha value is -1.03. The van der Waals surface area contributed by atoms with Crippen molar-refractivity contribution in [2.75, 3.05) is 23.1 Å². The Kier molecular flexibility index (Phi) is 5.54. The van der Waals surface area contributed by atoms with E-state index in [1.165, 1.54) is 4.31 Å². The van der Waals surface area contributed by atoms with E-state index in [9.17, 15) is 8.42 Å². The Morgan fingerprint density at radius 1 is 1.36 bits per heavy atom. The summed E-state index contributed by atoms with van der Waals surface area (Å²) in [6, 6.07) is 8.03. The van der Waals surface area contributed by atoms with Gasteiger partial charge in [-0.2, -0.15) is 0 Å². The number of rotatable bonds is 3. The summed E-state index contributed by atoms with van der Waals surface area (Å²) in [5, 5.41) is 6.48. The normalized spacial score (nSPS) is 22.7. The molecule has 0 spiro atoms. The van der Waals surface area contributed by atoms with E-state index in [1.807, 2.05) is 24.3 Å². The van der Waals surface area contributed by atoms with Crippen LogP contribution >= 0.6 is 24.0 Å². The zero-order valence-corrected chi connectivity index (χ0v) is 15.6. The third-order valence-electron chi connectivity index (χ3n) is 3.69. The van der Waals surface area contributed by atoms with Gasteiger partial charge in [-0.3, -0.25) is 9.30 Å². The molecule has 3 rings (SSSR count). The lowest BCUT2D eigenvalue weighted by Gasteiger charge is -2.17.